The Balaban J connectivity index is 1.94. The molecule has 1 aliphatic rings. The van der Waals surface area contributed by atoms with Gasteiger partial charge in [0.1, 0.15) is 11.4 Å². The third kappa shape index (κ3) is 5.22. The van der Waals surface area contributed by atoms with Gasteiger partial charge in [0.2, 0.25) is 0 Å². The monoisotopic (exact) mass is 425 g/mol. The lowest BCUT2D eigenvalue weighted by Gasteiger charge is -2.32. The molecule has 1 fully saturated rings. The van der Waals surface area contributed by atoms with Crippen LogP contribution in [0.3, 0.4) is 0 Å². The van der Waals surface area contributed by atoms with Crippen molar-refractivity contribution in [3.8, 4) is 5.75 Å². The number of benzene rings is 2. The van der Waals surface area contributed by atoms with E-state index < -0.39 is 30.0 Å². The molecule has 1 heterocycles. The molecule has 0 saturated carbocycles. The molecule has 166 valence electrons. The highest BCUT2D eigenvalue weighted by Gasteiger charge is 2.52. The molecule has 3 rings (SSSR count). The van der Waals surface area contributed by atoms with Crippen molar-refractivity contribution in [1.82, 2.24) is 5.32 Å². The number of nitrogens with one attached hydrogen (secondary N) is 1. The van der Waals surface area contributed by atoms with Crippen molar-refractivity contribution in [1.29, 1.82) is 0 Å². The number of carbonyl (C=O) groups excluding carboxylic acids is 1. The number of rotatable bonds is 4. The second-order valence-electron chi connectivity index (χ2n) is 9.89. The van der Waals surface area contributed by atoms with Gasteiger partial charge < -0.3 is 24.5 Å². The van der Waals surface area contributed by atoms with Crippen LogP contribution < -0.4 is 5.32 Å². The average Bonchev–Trinajstić information content (AvgIpc) is 2.86. The highest BCUT2D eigenvalue weighted by Crippen LogP contribution is 2.39. The van der Waals surface area contributed by atoms with Crippen LogP contribution in [0.1, 0.15) is 54.0 Å². The van der Waals surface area contributed by atoms with Crippen LogP contribution in [0.25, 0.3) is 16.8 Å². The maximum absolute atomic E-state index is 12.2. The van der Waals surface area contributed by atoms with E-state index in [-0.39, 0.29) is 12.3 Å². The first kappa shape index (κ1) is 23.2. The molecule has 2 N–H and O–H groups in total. The van der Waals surface area contributed by atoms with Crippen LogP contribution in [0, 0.1) is 0 Å². The molecule has 0 bridgehead atoms. The fourth-order valence-corrected chi connectivity index (χ4v) is 3.27. The van der Waals surface area contributed by atoms with E-state index in [4.69, 9.17) is 14.0 Å². The summed E-state index contributed by atoms with van der Waals surface area (Å²) in [6, 6.07) is 11.4. The Hall–Kier alpha value is -2.51. The quantitative estimate of drug-likeness (QED) is 0.668. The molecule has 0 aliphatic carbocycles. The zero-order chi connectivity index (χ0) is 23.0. The zero-order valence-corrected chi connectivity index (χ0v) is 19.4. The lowest BCUT2D eigenvalue weighted by Crippen LogP contribution is -2.41. The van der Waals surface area contributed by atoms with Crippen LogP contribution in [0.4, 0.5) is 4.79 Å². The van der Waals surface area contributed by atoms with Crippen molar-refractivity contribution < 1.29 is 23.9 Å². The van der Waals surface area contributed by atoms with E-state index in [1.165, 1.54) is 0 Å². The predicted octanol–water partition coefficient (Wildman–Crippen LogP) is 5.08. The number of fused-ring (bicyclic) bond motifs is 1. The van der Waals surface area contributed by atoms with E-state index in [0.29, 0.717) is 11.0 Å². The van der Waals surface area contributed by atoms with Gasteiger partial charge in [0.25, 0.3) is 0 Å². The van der Waals surface area contributed by atoms with Gasteiger partial charge in [-0.2, -0.15) is 0 Å². The predicted molar refractivity (Wildman–Crippen MR) is 124 cm³/mol. The summed E-state index contributed by atoms with van der Waals surface area (Å²) in [5.41, 5.74) is -0.374. The van der Waals surface area contributed by atoms with Gasteiger partial charge in [-0.05, 0) is 59.3 Å². The van der Waals surface area contributed by atoms with Crippen molar-refractivity contribution in [3.63, 3.8) is 0 Å². The second-order valence-corrected chi connectivity index (χ2v) is 9.89. The molecule has 0 aromatic heterocycles. The highest BCUT2D eigenvalue weighted by molar-refractivity contribution is 6.56. The van der Waals surface area contributed by atoms with Crippen LogP contribution >= 0.6 is 0 Å². The summed E-state index contributed by atoms with van der Waals surface area (Å²) in [4.78, 5) is 12.2. The second kappa shape index (κ2) is 8.21. The first-order valence-corrected chi connectivity index (χ1v) is 10.5. The van der Waals surface area contributed by atoms with Crippen molar-refractivity contribution in [3.05, 3.63) is 47.4 Å². The van der Waals surface area contributed by atoms with Gasteiger partial charge in [-0.25, -0.2) is 4.79 Å². The van der Waals surface area contributed by atoms with E-state index in [1.807, 2.05) is 84.9 Å². The van der Waals surface area contributed by atoms with E-state index in [9.17, 15) is 9.90 Å². The molecule has 6 nitrogen and oxygen atoms in total. The lowest BCUT2D eigenvalue weighted by atomic mass is 9.76. The Morgan fingerprint density at radius 2 is 1.71 bits per heavy atom. The summed E-state index contributed by atoms with van der Waals surface area (Å²) in [7, 11) is -0.675. The molecule has 2 aromatic carbocycles. The Morgan fingerprint density at radius 1 is 1.10 bits per heavy atom. The Bertz CT molecular complexity index is 991. The minimum absolute atomic E-state index is 0.151. The molecule has 0 radical (unpaired) electrons. The number of alkyl carbamates (subject to hydrolysis) is 1. The van der Waals surface area contributed by atoms with Gasteiger partial charge in [0, 0.05) is 17.5 Å². The van der Waals surface area contributed by atoms with Crippen LogP contribution in [-0.4, -0.2) is 41.7 Å². The molecule has 1 saturated heterocycles. The Morgan fingerprint density at radius 3 is 2.32 bits per heavy atom. The van der Waals surface area contributed by atoms with Crippen LogP contribution in [0.5, 0.6) is 5.75 Å². The van der Waals surface area contributed by atoms with Gasteiger partial charge in [-0.15, -0.1) is 0 Å². The van der Waals surface area contributed by atoms with E-state index in [2.05, 4.69) is 5.32 Å². The van der Waals surface area contributed by atoms with Crippen molar-refractivity contribution in [2.45, 2.75) is 65.3 Å². The fraction of sp³-hybridized carbons (Fsp3) is 0.458. The Kier molecular flexibility index (Phi) is 6.13. The van der Waals surface area contributed by atoms with E-state index in [1.54, 1.807) is 6.08 Å². The van der Waals surface area contributed by atoms with Gasteiger partial charge >= 0.3 is 13.2 Å². The highest BCUT2D eigenvalue weighted by atomic mass is 16.7. The van der Waals surface area contributed by atoms with Gasteiger partial charge in [-0.3, -0.25) is 0 Å². The number of ether oxygens (including phenoxy) is 1. The SMILES string of the molecule is CC(C)(C)OC(=O)NCC(=Cc1ccc2ccccc2c1O)B1OC(C)(C)C(C)(C)O1. The molecule has 1 amide bonds. The van der Waals surface area contributed by atoms with Gasteiger partial charge in [0.15, 0.2) is 0 Å². The maximum atomic E-state index is 12.2. The standard InChI is InChI=1S/C24H32BNO5/c1-22(2,3)29-21(28)26-15-18(25-30-23(4,5)24(6,7)31-25)14-17-13-12-16-10-8-9-11-19(16)20(17)27/h8-14,27H,15H2,1-7H3,(H,26,28). The molecule has 0 spiro atoms. The van der Waals surface area contributed by atoms with Gasteiger partial charge in [0.05, 0.1) is 11.2 Å². The largest absolute Gasteiger partial charge is 0.507 e. The number of amides is 1. The smallest absolute Gasteiger partial charge is 0.492 e. The summed E-state index contributed by atoms with van der Waals surface area (Å²) < 4.78 is 17.7. The van der Waals surface area contributed by atoms with Crippen molar-refractivity contribution in [2.24, 2.45) is 0 Å². The third-order valence-electron chi connectivity index (χ3n) is 5.66. The maximum Gasteiger partial charge on any atom is 0.492 e. The molecule has 0 unspecified atom stereocenters. The number of aromatic hydroxyl groups is 1. The number of carbonyl (C=O) groups is 1. The summed E-state index contributed by atoms with van der Waals surface area (Å²) in [5.74, 6) is 0.171. The van der Waals surface area contributed by atoms with Crippen molar-refractivity contribution >= 4 is 30.1 Å². The van der Waals surface area contributed by atoms with Crippen LogP contribution in [0.15, 0.2) is 41.9 Å². The summed E-state index contributed by atoms with van der Waals surface area (Å²) in [6.07, 6.45) is 1.28. The normalized spacial score (nSPS) is 18.3. The number of phenolic OH excluding ortho intramolecular Hbond substituents is 1. The third-order valence-corrected chi connectivity index (χ3v) is 5.66. The molecule has 2 aromatic rings. The first-order valence-electron chi connectivity index (χ1n) is 10.5. The fourth-order valence-electron chi connectivity index (χ4n) is 3.27. The number of hydrogen-bond acceptors (Lipinski definition) is 5. The summed E-state index contributed by atoms with van der Waals surface area (Å²) >= 11 is 0. The first-order chi connectivity index (χ1) is 14.3. The molecule has 0 atom stereocenters. The minimum Gasteiger partial charge on any atom is -0.507 e. The number of hydrogen-bond donors (Lipinski definition) is 2. The van der Waals surface area contributed by atoms with Crippen LogP contribution in [-0.2, 0) is 14.0 Å². The summed E-state index contributed by atoms with van der Waals surface area (Å²) in [5, 5.41) is 15.3. The number of phenols is 1. The van der Waals surface area contributed by atoms with Gasteiger partial charge in [-0.1, -0.05) is 42.5 Å². The van der Waals surface area contributed by atoms with E-state index >= 15 is 0 Å². The average molecular weight is 425 g/mol. The molecular weight excluding hydrogens is 393 g/mol. The molecular formula is C24H32BNO5. The van der Waals surface area contributed by atoms with Crippen molar-refractivity contribution in [2.75, 3.05) is 6.54 Å². The minimum atomic E-state index is -0.675. The zero-order valence-electron chi connectivity index (χ0n) is 19.4. The lowest BCUT2D eigenvalue weighted by molar-refractivity contribution is 0.00578. The molecule has 7 heteroatoms. The molecule has 31 heavy (non-hydrogen) atoms. The summed E-state index contributed by atoms with van der Waals surface area (Å²) in [6.45, 7) is 13.5. The Labute approximate surface area is 184 Å². The van der Waals surface area contributed by atoms with Crippen LogP contribution in [0.2, 0.25) is 0 Å². The van der Waals surface area contributed by atoms with E-state index in [0.717, 1.165) is 10.8 Å². The molecule has 1 aliphatic heterocycles. The topological polar surface area (TPSA) is 77.0 Å².